The molecule has 8 heteroatoms. The van der Waals surface area contributed by atoms with E-state index in [0.717, 1.165) is 11.1 Å². The van der Waals surface area contributed by atoms with E-state index in [0.29, 0.717) is 28.2 Å². The van der Waals surface area contributed by atoms with Crippen LogP contribution in [0.5, 0.6) is 11.5 Å². The summed E-state index contributed by atoms with van der Waals surface area (Å²) in [4.78, 5) is 11.7. The first-order valence-corrected chi connectivity index (χ1v) is 9.28. The van der Waals surface area contributed by atoms with Crippen molar-refractivity contribution in [1.82, 2.24) is 0 Å². The number of carbonyl (C=O) groups is 1. The van der Waals surface area contributed by atoms with Gasteiger partial charge in [0.2, 0.25) is 0 Å². The minimum absolute atomic E-state index is 0.00917. The molecule has 0 aliphatic carbocycles. The molecule has 0 radical (unpaired) electrons. The molecule has 3 rings (SSSR count). The Bertz CT molecular complexity index is 1110. The lowest BCUT2D eigenvalue weighted by Gasteiger charge is -2.13. The lowest BCUT2D eigenvalue weighted by atomic mass is 10.0. The van der Waals surface area contributed by atoms with E-state index in [2.05, 4.69) is 4.74 Å². The first kappa shape index (κ1) is 21.4. The third-order valence-electron chi connectivity index (χ3n) is 4.52. The van der Waals surface area contributed by atoms with Crippen LogP contribution in [0.3, 0.4) is 0 Å². The normalized spacial score (nSPS) is 10.2. The SMILES string of the molecule is COC(=O)Oc1cc(-c2ccc(C(=N)N)cc2)ccc1COc1ccc(C(=N)N)cc1. The molecule has 158 valence electrons. The Morgan fingerprint density at radius 2 is 1.39 bits per heavy atom. The maximum atomic E-state index is 11.7. The van der Waals surface area contributed by atoms with E-state index in [4.69, 9.17) is 31.8 Å². The summed E-state index contributed by atoms with van der Waals surface area (Å²) < 4.78 is 15.7. The zero-order valence-electron chi connectivity index (χ0n) is 16.8. The van der Waals surface area contributed by atoms with Gasteiger partial charge in [-0.15, -0.1) is 0 Å². The molecule has 0 spiro atoms. The van der Waals surface area contributed by atoms with Gasteiger partial charge in [-0.1, -0.05) is 36.4 Å². The van der Waals surface area contributed by atoms with Crippen molar-refractivity contribution in [3.8, 4) is 22.6 Å². The predicted octanol–water partition coefficient (Wildman–Crippen LogP) is 3.65. The van der Waals surface area contributed by atoms with Crippen molar-refractivity contribution in [3.63, 3.8) is 0 Å². The Labute approximate surface area is 179 Å². The molecule has 0 bridgehead atoms. The molecule has 3 aromatic carbocycles. The van der Waals surface area contributed by atoms with Crippen LogP contribution in [-0.2, 0) is 11.3 Å². The van der Waals surface area contributed by atoms with Crippen molar-refractivity contribution in [3.05, 3.63) is 83.4 Å². The van der Waals surface area contributed by atoms with Crippen LogP contribution in [0, 0.1) is 10.8 Å². The van der Waals surface area contributed by atoms with E-state index < -0.39 is 6.16 Å². The first-order chi connectivity index (χ1) is 14.9. The van der Waals surface area contributed by atoms with E-state index in [-0.39, 0.29) is 18.3 Å². The molecule has 3 aromatic rings. The van der Waals surface area contributed by atoms with Gasteiger partial charge in [-0.2, -0.15) is 0 Å². The van der Waals surface area contributed by atoms with E-state index in [1.807, 2.05) is 18.2 Å². The monoisotopic (exact) mass is 418 g/mol. The zero-order valence-corrected chi connectivity index (χ0v) is 16.8. The fraction of sp³-hybridized carbons (Fsp3) is 0.0870. The molecule has 6 N–H and O–H groups in total. The summed E-state index contributed by atoms with van der Waals surface area (Å²) >= 11 is 0. The highest BCUT2D eigenvalue weighted by atomic mass is 16.7. The summed E-state index contributed by atoms with van der Waals surface area (Å²) in [5.74, 6) is 0.857. The van der Waals surface area contributed by atoms with Crippen molar-refractivity contribution in [1.29, 1.82) is 10.8 Å². The Kier molecular flexibility index (Phi) is 6.51. The van der Waals surface area contributed by atoms with Gasteiger partial charge in [0.15, 0.2) is 0 Å². The Balaban J connectivity index is 1.84. The van der Waals surface area contributed by atoms with Gasteiger partial charge in [-0.25, -0.2) is 4.79 Å². The molecule has 0 fully saturated rings. The predicted molar refractivity (Wildman–Crippen MR) is 118 cm³/mol. The summed E-state index contributed by atoms with van der Waals surface area (Å²) in [6.45, 7) is 0.148. The number of rotatable bonds is 7. The van der Waals surface area contributed by atoms with E-state index in [1.165, 1.54) is 7.11 Å². The van der Waals surface area contributed by atoms with Crippen LogP contribution in [0.4, 0.5) is 4.79 Å². The number of amidine groups is 2. The van der Waals surface area contributed by atoms with Gasteiger partial charge in [0.1, 0.15) is 29.8 Å². The number of benzene rings is 3. The van der Waals surface area contributed by atoms with Crippen molar-refractivity contribution < 1.29 is 19.0 Å². The zero-order chi connectivity index (χ0) is 22.4. The van der Waals surface area contributed by atoms with Crippen molar-refractivity contribution in [2.45, 2.75) is 6.61 Å². The average molecular weight is 418 g/mol. The van der Waals surface area contributed by atoms with Crippen molar-refractivity contribution >= 4 is 17.8 Å². The smallest absolute Gasteiger partial charge is 0.489 e. The number of nitrogens with one attached hydrogen (secondary N) is 2. The number of nitrogens with two attached hydrogens (primary N) is 2. The molecule has 31 heavy (non-hydrogen) atoms. The van der Waals surface area contributed by atoms with Gasteiger partial charge in [0.05, 0.1) is 7.11 Å². The van der Waals surface area contributed by atoms with Gasteiger partial charge in [0.25, 0.3) is 0 Å². The highest BCUT2D eigenvalue weighted by molar-refractivity contribution is 5.95. The summed E-state index contributed by atoms with van der Waals surface area (Å²) in [6, 6.07) is 19.4. The second-order valence-corrected chi connectivity index (χ2v) is 6.60. The average Bonchev–Trinajstić information content (AvgIpc) is 2.78. The summed E-state index contributed by atoms with van der Waals surface area (Å²) in [6.07, 6.45) is -0.837. The highest BCUT2D eigenvalue weighted by Gasteiger charge is 2.13. The van der Waals surface area contributed by atoms with E-state index in [1.54, 1.807) is 48.5 Å². The standard InChI is InChI=1S/C23H22N4O4/c1-29-23(28)31-20-12-17(14-2-4-15(5-3-14)21(24)25)6-7-18(20)13-30-19-10-8-16(9-11-19)22(26)27/h2-12H,13H2,1H3,(H3,24,25)(H3,26,27). The summed E-state index contributed by atoms with van der Waals surface area (Å²) in [7, 11) is 1.24. The third kappa shape index (κ3) is 5.39. The molecule has 0 saturated heterocycles. The fourth-order valence-electron chi connectivity index (χ4n) is 2.81. The molecule has 0 aromatic heterocycles. The van der Waals surface area contributed by atoms with E-state index in [9.17, 15) is 4.79 Å². The number of carbonyl (C=O) groups excluding carboxylic acids is 1. The summed E-state index contributed by atoms with van der Waals surface area (Å²) in [5, 5.41) is 14.9. The maximum absolute atomic E-state index is 11.7. The Hall–Kier alpha value is -4.33. The van der Waals surface area contributed by atoms with Crippen LogP contribution >= 0.6 is 0 Å². The van der Waals surface area contributed by atoms with Gasteiger partial charge in [-0.05, 0) is 41.5 Å². The number of nitrogen functional groups attached to an aromatic ring is 2. The van der Waals surface area contributed by atoms with Gasteiger partial charge >= 0.3 is 6.16 Å². The molecule has 8 nitrogen and oxygen atoms in total. The molecule has 0 atom stereocenters. The maximum Gasteiger partial charge on any atom is 0.513 e. The van der Waals surface area contributed by atoms with Gasteiger partial charge < -0.3 is 25.7 Å². The highest BCUT2D eigenvalue weighted by Crippen LogP contribution is 2.29. The van der Waals surface area contributed by atoms with Crippen LogP contribution < -0.4 is 20.9 Å². The fourth-order valence-corrected chi connectivity index (χ4v) is 2.81. The lowest BCUT2D eigenvalue weighted by Crippen LogP contribution is -2.11. The minimum Gasteiger partial charge on any atom is -0.489 e. The van der Waals surface area contributed by atoms with Gasteiger partial charge in [0, 0.05) is 16.7 Å². The molecule has 0 saturated carbocycles. The minimum atomic E-state index is -0.837. The number of hydrogen-bond acceptors (Lipinski definition) is 6. The third-order valence-corrected chi connectivity index (χ3v) is 4.52. The Morgan fingerprint density at radius 3 is 1.94 bits per heavy atom. The number of ether oxygens (including phenoxy) is 3. The van der Waals surface area contributed by atoms with Crippen LogP contribution in [0.2, 0.25) is 0 Å². The van der Waals surface area contributed by atoms with Crippen LogP contribution in [0.1, 0.15) is 16.7 Å². The second-order valence-electron chi connectivity index (χ2n) is 6.60. The molecule has 0 unspecified atom stereocenters. The molecule has 0 heterocycles. The number of hydrogen-bond donors (Lipinski definition) is 4. The summed E-state index contributed by atoms with van der Waals surface area (Å²) in [5.41, 5.74) is 14.5. The molecular weight excluding hydrogens is 396 g/mol. The van der Waals surface area contributed by atoms with Crippen LogP contribution in [0.25, 0.3) is 11.1 Å². The first-order valence-electron chi connectivity index (χ1n) is 9.28. The molecular formula is C23H22N4O4. The molecule has 0 amide bonds. The Morgan fingerprint density at radius 1 is 0.839 bits per heavy atom. The second kappa shape index (κ2) is 9.45. The lowest BCUT2D eigenvalue weighted by molar-refractivity contribution is 0.120. The molecule has 0 aliphatic heterocycles. The van der Waals surface area contributed by atoms with Gasteiger partial charge in [-0.3, -0.25) is 10.8 Å². The van der Waals surface area contributed by atoms with Crippen LogP contribution in [0.15, 0.2) is 66.7 Å². The van der Waals surface area contributed by atoms with E-state index >= 15 is 0 Å². The molecule has 0 aliphatic rings. The van der Waals surface area contributed by atoms with Crippen LogP contribution in [-0.4, -0.2) is 24.9 Å². The topological polar surface area (TPSA) is 145 Å². The number of methoxy groups -OCH3 is 1. The quantitative estimate of drug-likeness (QED) is 0.199. The van der Waals surface area contributed by atoms with Crippen molar-refractivity contribution in [2.75, 3.05) is 7.11 Å². The largest absolute Gasteiger partial charge is 0.513 e. The van der Waals surface area contributed by atoms with Crippen molar-refractivity contribution in [2.24, 2.45) is 11.5 Å².